The van der Waals surface area contributed by atoms with Crippen LogP contribution in [0.25, 0.3) is 0 Å². The van der Waals surface area contributed by atoms with Gasteiger partial charge < -0.3 is 9.53 Å². The average Bonchev–Trinajstić information content (AvgIpc) is 2.20. The second-order valence-electron chi connectivity index (χ2n) is 6.18. The van der Waals surface area contributed by atoms with Crippen molar-refractivity contribution in [1.82, 2.24) is 0 Å². The lowest BCUT2D eigenvalue weighted by molar-refractivity contribution is 0.150. The first-order chi connectivity index (χ1) is 8.12. The van der Waals surface area contributed by atoms with Crippen LogP contribution in [0.5, 0.6) is 0 Å². The van der Waals surface area contributed by atoms with Gasteiger partial charge in [0.2, 0.25) is 0 Å². The Bertz CT molecular complexity index is 329. The van der Waals surface area contributed by atoms with Crippen molar-refractivity contribution in [2.45, 2.75) is 71.2 Å². The van der Waals surface area contributed by atoms with E-state index in [1.807, 2.05) is 6.92 Å². The minimum Gasteiger partial charge on any atom is -0.510 e. The molecule has 0 aromatic carbocycles. The summed E-state index contributed by atoms with van der Waals surface area (Å²) in [6.07, 6.45) is 2.32. The first-order valence-electron chi connectivity index (χ1n) is 6.57. The van der Waals surface area contributed by atoms with Crippen LogP contribution in [-0.2, 0) is 4.43 Å². The highest BCUT2D eigenvalue weighted by Crippen LogP contribution is 2.38. The van der Waals surface area contributed by atoms with Gasteiger partial charge in [-0.05, 0) is 37.9 Å². The van der Waals surface area contributed by atoms with E-state index in [4.69, 9.17) is 4.43 Å². The maximum Gasteiger partial charge on any atom is 0.193 e. The molecular formula is C15H28O2Si. The minimum atomic E-state index is -1.86. The molecule has 0 fully saturated rings. The topological polar surface area (TPSA) is 29.5 Å². The number of aliphatic hydroxyl groups excluding tert-OH is 1. The molecule has 0 rings (SSSR count). The smallest absolute Gasteiger partial charge is 0.193 e. The van der Waals surface area contributed by atoms with Gasteiger partial charge in [0, 0.05) is 6.42 Å². The fraction of sp³-hybridized carbons (Fsp3) is 0.733. The third-order valence-electron chi connectivity index (χ3n) is 3.56. The maximum absolute atomic E-state index is 9.66. The SMILES string of the molecule is C=C(O)[C@H](CCCC#CC)O[Si](C)(C)C(C)(C)C. The molecule has 0 unspecified atom stereocenters. The van der Waals surface area contributed by atoms with E-state index in [0.29, 0.717) is 0 Å². The Labute approximate surface area is 114 Å². The lowest BCUT2D eigenvalue weighted by Crippen LogP contribution is -2.44. The molecule has 0 amide bonds. The molecule has 2 nitrogen and oxygen atoms in total. The van der Waals surface area contributed by atoms with Crippen molar-refractivity contribution in [3.05, 3.63) is 12.3 Å². The van der Waals surface area contributed by atoms with Crippen molar-refractivity contribution in [2.75, 3.05) is 0 Å². The molecule has 0 heterocycles. The van der Waals surface area contributed by atoms with Crippen LogP contribution >= 0.6 is 0 Å². The van der Waals surface area contributed by atoms with E-state index in [1.165, 1.54) is 0 Å². The first-order valence-corrected chi connectivity index (χ1v) is 9.48. The van der Waals surface area contributed by atoms with Crippen LogP contribution in [0.3, 0.4) is 0 Å². The monoisotopic (exact) mass is 268 g/mol. The van der Waals surface area contributed by atoms with Crippen molar-refractivity contribution >= 4 is 8.32 Å². The largest absolute Gasteiger partial charge is 0.510 e. The zero-order valence-electron chi connectivity index (χ0n) is 12.8. The van der Waals surface area contributed by atoms with Gasteiger partial charge in [0.05, 0.1) is 0 Å². The van der Waals surface area contributed by atoms with Crippen LogP contribution < -0.4 is 0 Å². The van der Waals surface area contributed by atoms with E-state index in [2.05, 4.69) is 52.3 Å². The number of hydrogen-bond acceptors (Lipinski definition) is 2. The van der Waals surface area contributed by atoms with Crippen molar-refractivity contribution in [2.24, 2.45) is 0 Å². The van der Waals surface area contributed by atoms with Gasteiger partial charge >= 0.3 is 0 Å². The van der Waals surface area contributed by atoms with E-state index in [0.717, 1.165) is 19.3 Å². The number of unbranched alkanes of at least 4 members (excludes halogenated alkanes) is 1. The molecule has 0 spiro atoms. The summed E-state index contributed by atoms with van der Waals surface area (Å²) in [5.41, 5.74) is 0. The summed E-state index contributed by atoms with van der Waals surface area (Å²) in [7, 11) is -1.86. The highest BCUT2D eigenvalue weighted by molar-refractivity contribution is 6.74. The van der Waals surface area contributed by atoms with Crippen molar-refractivity contribution in [3.8, 4) is 11.8 Å². The summed E-state index contributed by atoms with van der Waals surface area (Å²) < 4.78 is 6.19. The highest BCUT2D eigenvalue weighted by Gasteiger charge is 2.39. The van der Waals surface area contributed by atoms with Crippen LogP contribution in [0.15, 0.2) is 12.3 Å². The molecule has 0 saturated heterocycles. The lowest BCUT2D eigenvalue weighted by atomic mass is 10.1. The van der Waals surface area contributed by atoms with Crippen LogP contribution in [0.2, 0.25) is 18.1 Å². The fourth-order valence-corrected chi connectivity index (χ4v) is 2.65. The fourth-order valence-electron chi connectivity index (χ4n) is 1.33. The van der Waals surface area contributed by atoms with E-state index in [-0.39, 0.29) is 16.9 Å². The van der Waals surface area contributed by atoms with Gasteiger partial charge in [-0.25, -0.2) is 0 Å². The second-order valence-corrected chi connectivity index (χ2v) is 10.9. The Morgan fingerprint density at radius 1 is 1.39 bits per heavy atom. The molecule has 18 heavy (non-hydrogen) atoms. The Kier molecular flexibility index (Phi) is 6.73. The molecular weight excluding hydrogens is 240 g/mol. The summed E-state index contributed by atoms with van der Waals surface area (Å²) in [4.78, 5) is 0. The van der Waals surface area contributed by atoms with Gasteiger partial charge in [-0.2, -0.15) is 0 Å². The summed E-state index contributed by atoms with van der Waals surface area (Å²) in [6.45, 7) is 16.4. The van der Waals surface area contributed by atoms with Gasteiger partial charge in [-0.1, -0.05) is 27.4 Å². The zero-order chi connectivity index (χ0) is 14.4. The Morgan fingerprint density at radius 2 is 1.94 bits per heavy atom. The predicted molar refractivity (Wildman–Crippen MR) is 81.1 cm³/mol. The molecule has 0 aliphatic carbocycles. The molecule has 0 bridgehead atoms. The van der Waals surface area contributed by atoms with Gasteiger partial charge in [-0.15, -0.1) is 11.8 Å². The average molecular weight is 268 g/mol. The summed E-state index contributed by atoms with van der Waals surface area (Å²) in [5, 5.41) is 9.81. The standard InChI is InChI=1S/C15H28O2Si/c1-8-9-10-11-12-14(13(2)16)17-18(6,7)15(3,4)5/h14,16H,2,10-12H2,1,3-7H3/t14-/m0/s1. The number of rotatable bonds is 6. The molecule has 0 saturated carbocycles. The van der Waals surface area contributed by atoms with E-state index >= 15 is 0 Å². The molecule has 1 atom stereocenters. The van der Waals surface area contributed by atoms with Crippen molar-refractivity contribution < 1.29 is 9.53 Å². The van der Waals surface area contributed by atoms with Crippen molar-refractivity contribution in [3.63, 3.8) is 0 Å². The predicted octanol–water partition coefficient (Wildman–Crippen LogP) is 4.64. The summed E-state index contributed by atoms with van der Waals surface area (Å²) >= 11 is 0. The van der Waals surface area contributed by atoms with Crippen LogP contribution in [0, 0.1) is 11.8 Å². The van der Waals surface area contributed by atoms with E-state index in [9.17, 15) is 5.11 Å². The molecule has 0 aromatic heterocycles. The molecule has 0 radical (unpaired) electrons. The summed E-state index contributed by atoms with van der Waals surface area (Å²) in [5.74, 6) is 6.05. The van der Waals surface area contributed by atoms with E-state index < -0.39 is 8.32 Å². The van der Waals surface area contributed by atoms with Gasteiger partial charge in [-0.3, -0.25) is 0 Å². The molecule has 104 valence electrons. The van der Waals surface area contributed by atoms with Crippen LogP contribution in [-0.4, -0.2) is 19.5 Å². The summed E-state index contributed by atoms with van der Waals surface area (Å²) in [6, 6.07) is 0. The maximum atomic E-state index is 9.66. The molecule has 0 aromatic rings. The molecule has 1 N–H and O–H groups in total. The first kappa shape index (κ1) is 17.3. The Balaban J connectivity index is 4.53. The quantitative estimate of drug-likeness (QED) is 0.329. The number of hydrogen-bond donors (Lipinski definition) is 1. The number of aliphatic hydroxyl groups is 1. The second kappa shape index (κ2) is 7.01. The van der Waals surface area contributed by atoms with E-state index in [1.54, 1.807) is 0 Å². The Hall–Kier alpha value is -0.723. The molecule has 0 aliphatic rings. The third kappa shape index (κ3) is 5.75. The third-order valence-corrected chi connectivity index (χ3v) is 8.05. The lowest BCUT2D eigenvalue weighted by Gasteiger charge is -2.39. The highest BCUT2D eigenvalue weighted by atomic mass is 28.4. The van der Waals surface area contributed by atoms with Gasteiger partial charge in [0.25, 0.3) is 0 Å². The van der Waals surface area contributed by atoms with Gasteiger partial charge in [0.15, 0.2) is 8.32 Å². The van der Waals surface area contributed by atoms with Crippen LogP contribution in [0.4, 0.5) is 0 Å². The Morgan fingerprint density at radius 3 is 2.33 bits per heavy atom. The normalized spacial score (nSPS) is 13.7. The van der Waals surface area contributed by atoms with Crippen molar-refractivity contribution in [1.29, 1.82) is 0 Å². The molecule has 0 aliphatic heterocycles. The van der Waals surface area contributed by atoms with Gasteiger partial charge in [0.1, 0.15) is 11.9 Å². The van der Waals surface area contributed by atoms with Crippen LogP contribution in [0.1, 0.15) is 47.0 Å². The zero-order valence-corrected chi connectivity index (χ0v) is 13.8. The molecule has 3 heteroatoms. The minimum absolute atomic E-state index is 0.143.